The number of carbonyl (C=O) groups is 1. The van der Waals surface area contributed by atoms with Gasteiger partial charge in [-0.25, -0.2) is 0 Å². The number of aliphatic carboxylic acids is 1. The SMILES string of the molecule is NC(CC(N)c1ccc(Cl)c(Cl)c1)C(=O)O. The normalized spacial score (nSPS) is 14.5. The van der Waals surface area contributed by atoms with Crippen molar-refractivity contribution in [2.45, 2.75) is 18.5 Å². The van der Waals surface area contributed by atoms with Crippen LogP contribution in [0.2, 0.25) is 10.0 Å². The second-order valence-corrected chi connectivity index (χ2v) is 4.27. The second kappa shape index (κ2) is 5.50. The molecule has 2 unspecified atom stereocenters. The van der Waals surface area contributed by atoms with Crippen molar-refractivity contribution in [1.82, 2.24) is 0 Å². The van der Waals surface area contributed by atoms with Crippen LogP contribution in [0.25, 0.3) is 0 Å². The van der Waals surface area contributed by atoms with Gasteiger partial charge in [-0.3, -0.25) is 4.79 Å². The van der Waals surface area contributed by atoms with Gasteiger partial charge in [0.2, 0.25) is 0 Å². The summed E-state index contributed by atoms with van der Waals surface area (Å²) in [4.78, 5) is 10.6. The van der Waals surface area contributed by atoms with Gasteiger partial charge in [-0.05, 0) is 24.1 Å². The average molecular weight is 263 g/mol. The summed E-state index contributed by atoms with van der Waals surface area (Å²) in [6.07, 6.45) is 0.146. The molecule has 1 aromatic carbocycles. The summed E-state index contributed by atoms with van der Waals surface area (Å²) >= 11 is 11.6. The van der Waals surface area contributed by atoms with Crippen LogP contribution in [0.15, 0.2) is 18.2 Å². The Balaban J connectivity index is 2.76. The first-order valence-corrected chi connectivity index (χ1v) is 5.36. The lowest BCUT2D eigenvalue weighted by atomic mass is 10.0. The fraction of sp³-hybridized carbons (Fsp3) is 0.300. The quantitative estimate of drug-likeness (QED) is 0.772. The van der Waals surface area contributed by atoms with Crippen molar-refractivity contribution >= 4 is 29.2 Å². The van der Waals surface area contributed by atoms with Gasteiger partial charge in [0, 0.05) is 6.04 Å². The molecule has 6 heteroatoms. The lowest BCUT2D eigenvalue weighted by Gasteiger charge is -2.15. The third-order valence-electron chi connectivity index (χ3n) is 2.20. The maximum Gasteiger partial charge on any atom is 0.320 e. The van der Waals surface area contributed by atoms with Crippen molar-refractivity contribution < 1.29 is 9.90 Å². The van der Waals surface area contributed by atoms with Gasteiger partial charge in [0.1, 0.15) is 6.04 Å². The van der Waals surface area contributed by atoms with Crippen LogP contribution in [0.5, 0.6) is 0 Å². The third-order valence-corrected chi connectivity index (χ3v) is 2.94. The van der Waals surface area contributed by atoms with Crippen molar-refractivity contribution in [3.05, 3.63) is 33.8 Å². The van der Waals surface area contributed by atoms with Gasteiger partial charge in [-0.2, -0.15) is 0 Å². The zero-order chi connectivity index (χ0) is 12.3. The van der Waals surface area contributed by atoms with Gasteiger partial charge < -0.3 is 16.6 Å². The number of rotatable bonds is 4. The van der Waals surface area contributed by atoms with Gasteiger partial charge in [0.15, 0.2) is 0 Å². The van der Waals surface area contributed by atoms with Gasteiger partial charge in [-0.1, -0.05) is 29.3 Å². The van der Waals surface area contributed by atoms with E-state index in [1.54, 1.807) is 18.2 Å². The Bertz CT molecular complexity index is 398. The summed E-state index contributed by atoms with van der Waals surface area (Å²) in [7, 11) is 0. The van der Waals surface area contributed by atoms with E-state index in [0.717, 1.165) is 0 Å². The fourth-order valence-corrected chi connectivity index (χ4v) is 1.56. The molecule has 0 aromatic heterocycles. The zero-order valence-electron chi connectivity index (χ0n) is 8.36. The van der Waals surface area contributed by atoms with Gasteiger partial charge in [0.05, 0.1) is 10.0 Å². The molecule has 0 saturated carbocycles. The molecule has 0 fully saturated rings. The van der Waals surface area contributed by atoms with E-state index in [0.29, 0.717) is 15.6 Å². The largest absolute Gasteiger partial charge is 0.480 e. The van der Waals surface area contributed by atoms with Crippen molar-refractivity contribution in [2.24, 2.45) is 11.5 Å². The molecule has 4 nitrogen and oxygen atoms in total. The summed E-state index contributed by atoms with van der Waals surface area (Å²) in [5.74, 6) is -1.07. The number of hydrogen-bond donors (Lipinski definition) is 3. The number of nitrogens with two attached hydrogens (primary N) is 2. The Morgan fingerprint density at radius 1 is 1.31 bits per heavy atom. The predicted octanol–water partition coefficient (Wildman–Crippen LogP) is 1.80. The highest BCUT2D eigenvalue weighted by atomic mass is 35.5. The summed E-state index contributed by atoms with van der Waals surface area (Å²) in [6, 6.07) is 3.48. The molecule has 0 aliphatic carbocycles. The van der Waals surface area contributed by atoms with E-state index in [4.69, 9.17) is 39.8 Å². The monoisotopic (exact) mass is 262 g/mol. The van der Waals surface area contributed by atoms with E-state index in [9.17, 15) is 4.79 Å². The first-order chi connectivity index (χ1) is 7.41. The molecule has 16 heavy (non-hydrogen) atoms. The number of carboxylic acid groups (broad SMARTS) is 1. The van der Waals surface area contributed by atoms with Crippen LogP contribution in [0.4, 0.5) is 0 Å². The highest BCUT2D eigenvalue weighted by Crippen LogP contribution is 2.26. The van der Waals surface area contributed by atoms with Crippen LogP contribution in [0, 0.1) is 0 Å². The van der Waals surface area contributed by atoms with Crippen LogP contribution < -0.4 is 11.5 Å². The lowest BCUT2D eigenvalue weighted by Crippen LogP contribution is -2.33. The van der Waals surface area contributed by atoms with E-state index < -0.39 is 18.1 Å². The maximum absolute atomic E-state index is 10.6. The number of halogens is 2. The van der Waals surface area contributed by atoms with Crippen LogP contribution in [0.3, 0.4) is 0 Å². The Hall–Kier alpha value is -0.810. The minimum absolute atomic E-state index is 0.146. The Labute approximate surface area is 103 Å². The summed E-state index contributed by atoms with van der Waals surface area (Å²) in [6.45, 7) is 0. The van der Waals surface area contributed by atoms with Gasteiger partial charge in [-0.15, -0.1) is 0 Å². The lowest BCUT2D eigenvalue weighted by molar-refractivity contribution is -0.138. The van der Waals surface area contributed by atoms with Crippen molar-refractivity contribution in [2.75, 3.05) is 0 Å². The molecular formula is C10H12Cl2N2O2. The topological polar surface area (TPSA) is 89.3 Å². The number of hydrogen-bond acceptors (Lipinski definition) is 3. The molecule has 5 N–H and O–H groups in total. The number of benzene rings is 1. The van der Waals surface area contributed by atoms with Gasteiger partial charge >= 0.3 is 5.97 Å². The van der Waals surface area contributed by atoms with Crippen molar-refractivity contribution in [1.29, 1.82) is 0 Å². The van der Waals surface area contributed by atoms with E-state index in [2.05, 4.69) is 0 Å². The van der Waals surface area contributed by atoms with Crippen LogP contribution in [-0.2, 0) is 4.79 Å². The highest BCUT2D eigenvalue weighted by Gasteiger charge is 2.17. The highest BCUT2D eigenvalue weighted by molar-refractivity contribution is 6.42. The van der Waals surface area contributed by atoms with Crippen molar-refractivity contribution in [3.63, 3.8) is 0 Å². The molecular weight excluding hydrogens is 251 g/mol. The van der Waals surface area contributed by atoms with E-state index in [1.165, 1.54) is 0 Å². The Morgan fingerprint density at radius 2 is 1.94 bits per heavy atom. The molecule has 1 rings (SSSR count). The molecule has 88 valence electrons. The average Bonchev–Trinajstić information content (AvgIpc) is 2.21. The fourth-order valence-electron chi connectivity index (χ4n) is 1.25. The number of carboxylic acids is 1. The smallest absolute Gasteiger partial charge is 0.320 e. The Morgan fingerprint density at radius 3 is 2.44 bits per heavy atom. The third kappa shape index (κ3) is 3.35. The molecule has 0 bridgehead atoms. The van der Waals surface area contributed by atoms with Gasteiger partial charge in [0.25, 0.3) is 0 Å². The molecule has 0 amide bonds. The van der Waals surface area contributed by atoms with Crippen LogP contribution >= 0.6 is 23.2 Å². The molecule has 0 spiro atoms. The van der Waals surface area contributed by atoms with E-state index >= 15 is 0 Å². The maximum atomic E-state index is 10.6. The van der Waals surface area contributed by atoms with E-state index in [-0.39, 0.29) is 6.42 Å². The van der Waals surface area contributed by atoms with Crippen LogP contribution in [0.1, 0.15) is 18.0 Å². The Kier molecular flexibility index (Phi) is 4.56. The first kappa shape index (κ1) is 13.3. The first-order valence-electron chi connectivity index (χ1n) is 4.60. The minimum atomic E-state index is -1.07. The standard InChI is InChI=1S/C10H12Cl2N2O2/c11-6-2-1-5(3-7(6)12)8(13)4-9(14)10(15)16/h1-3,8-9H,4,13-14H2,(H,15,16). The predicted molar refractivity (Wildman–Crippen MR) is 63.6 cm³/mol. The second-order valence-electron chi connectivity index (χ2n) is 3.46. The van der Waals surface area contributed by atoms with E-state index in [1.807, 2.05) is 0 Å². The van der Waals surface area contributed by atoms with Crippen LogP contribution in [-0.4, -0.2) is 17.1 Å². The molecule has 2 atom stereocenters. The molecule has 0 saturated heterocycles. The summed E-state index contributed by atoms with van der Waals surface area (Å²) < 4.78 is 0. The summed E-state index contributed by atoms with van der Waals surface area (Å²) in [5, 5.41) is 9.47. The molecule has 0 radical (unpaired) electrons. The summed E-state index contributed by atoms with van der Waals surface area (Å²) in [5.41, 5.74) is 11.9. The minimum Gasteiger partial charge on any atom is -0.480 e. The molecule has 1 aromatic rings. The molecule has 0 aliphatic rings. The zero-order valence-corrected chi connectivity index (χ0v) is 9.87. The van der Waals surface area contributed by atoms with Crippen molar-refractivity contribution in [3.8, 4) is 0 Å². The molecule has 0 heterocycles. The molecule has 0 aliphatic heterocycles.